The normalized spacial score (nSPS) is 14.7. The predicted octanol–water partition coefficient (Wildman–Crippen LogP) is 4.40. The van der Waals surface area contributed by atoms with Crippen LogP contribution in [0.25, 0.3) is 21.9 Å². The number of aromatic amines is 1. The predicted molar refractivity (Wildman–Crippen MR) is 119 cm³/mol. The Hall–Kier alpha value is -1.41. The van der Waals surface area contributed by atoms with Gasteiger partial charge in [0.15, 0.2) is 4.77 Å². The summed E-state index contributed by atoms with van der Waals surface area (Å²) in [5, 5.41) is 4.53. The third-order valence-electron chi connectivity index (χ3n) is 5.02. The minimum Gasteiger partial charge on any atom is -0.368 e. The summed E-state index contributed by atoms with van der Waals surface area (Å²) in [5.74, 6) is 0.896. The van der Waals surface area contributed by atoms with E-state index in [2.05, 4.69) is 48.8 Å². The highest BCUT2D eigenvalue weighted by Gasteiger charge is 2.11. The first kappa shape index (κ1) is 21.9. The third kappa shape index (κ3) is 4.54. The van der Waals surface area contributed by atoms with Crippen LogP contribution in [0.3, 0.4) is 0 Å². The number of benzene rings is 1. The molecule has 0 radical (unpaired) electrons. The van der Waals surface area contributed by atoms with Crippen molar-refractivity contribution >= 4 is 64.8 Å². The van der Waals surface area contributed by atoms with E-state index in [-0.39, 0.29) is 24.8 Å². The van der Waals surface area contributed by atoms with Gasteiger partial charge in [-0.05, 0) is 57.2 Å². The van der Waals surface area contributed by atoms with Gasteiger partial charge in [-0.3, -0.25) is 0 Å². The van der Waals surface area contributed by atoms with E-state index in [1.807, 2.05) is 0 Å². The number of aryl methyl sites for hydroxylation is 1. The Bertz CT molecular complexity index is 948. The Morgan fingerprint density at radius 2 is 1.93 bits per heavy atom. The summed E-state index contributed by atoms with van der Waals surface area (Å²) in [4.78, 5) is 14.7. The third-order valence-corrected chi connectivity index (χ3v) is 5.34. The Morgan fingerprint density at radius 3 is 2.67 bits per heavy atom. The highest BCUT2D eigenvalue weighted by Crippen LogP contribution is 2.25. The van der Waals surface area contributed by atoms with Gasteiger partial charge in [-0.15, -0.1) is 24.8 Å². The second-order valence-electron chi connectivity index (χ2n) is 6.61. The first-order valence-electron chi connectivity index (χ1n) is 9.10. The van der Waals surface area contributed by atoms with Gasteiger partial charge in [0.2, 0.25) is 0 Å². The maximum Gasteiger partial charge on any atom is 0.178 e. The molecule has 27 heavy (non-hydrogen) atoms. The van der Waals surface area contributed by atoms with Gasteiger partial charge in [0.25, 0.3) is 0 Å². The number of imidazole rings is 1. The first-order valence-corrected chi connectivity index (χ1v) is 9.50. The molecule has 148 valence electrons. The highest BCUT2D eigenvalue weighted by molar-refractivity contribution is 7.71. The molecule has 0 saturated carbocycles. The van der Waals surface area contributed by atoms with Crippen molar-refractivity contribution in [3.8, 4) is 0 Å². The first-order chi connectivity index (χ1) is 12.3. The topological polar surface area (TPSA) is 61.8 Å². The van der Waals surface area contributed by atoms with E-state index in [1.54, 1.807) is 6.33 Å². The van der Waals surface area contributed by atoms with Crippen LogP contribution in [0.5, 0.6) is 0 Å². The van der Waals surface area contributed by atoms with E-state index in [0.29, 0.717) is 0 Å². The summed E-state index contributed by atoms with van der Waals surface area (Å²) < 4.78 is 2.84. The number of hydrogen-bond acceptors (Lipinski definition) is 5. The molecule has 0 atom stereocenters. The lowest BCUT2D eigenvalue weighted by molar-refractivity contribution is 0.237. The SMILES string of the molecule is CCn1c(=S)[nH]c2cc3c(NCCN4CCCCC4)ncnc3cc21.Cl.Cl. The lowest BCUT2D eigenvalue weighted by Gasteiger charge is -2.26. The molecule has 3 heterocycles. The number of fused-ring (bicyclic) bond motifs is 2. The number of rotatable bonds is 5. The maximum atomic E-state index is 5.42. The molecule has 0 unspecified atom stereocenters. The number of nitrogens with one attached hydrogen (secondary N) is 2. The molecule has 1 aromatic carbocycles. The van der Waals surface area contributed by atoms with Crippen LogP contribution in [0, 0.1) is 4.77 Å². The minimum atomic E-state index is 0. The van der Waals surface area contributed by atoms with Crippen LogP contribution in [-0.4, -0.2) is 50.6 Å². The standard InChI is InChI=1S/C18H24N6S.2ClH/c1-2-24-16-11-14-13(10-15(16)22-18(24)25)17(21-12-20-14)19-6-9-23-7-4-3-5-8-23;;/h10-12H,2-9H2,1H3,(H,22,25)(H,19,20,21);2*1H. The molecular weight excluding hydrogens is 403 g/mol. The molecule has 2 aromatic heterocycles. The zero-order chi connectivity index (χ0) is 17.2. The number of likely N-dealkylation sites (tertiary alicyclic amines) is 1. The summed E-state index contributed by atoms with van der Waals surface area (Å²) in [7, 11) is 0. The summed E-state index contributed by atoms with van der Waals surface area (Å²) in [5.41, 5.74) is 3.07. The van der Waals surface area contributed by atoms with Crippen LogP contribution >= 0.6 is 37.0 Å². The van der Waals surface area contributed by atoms with Gasteiger partial charge >= 0.3 is 0 Å². The molecule has 1 saturated heterocycles. The fraction of sp³-hybridized carbons (Fsp3) is 0.500. The summed E-state index contributed by atoms with van der Waals surface area (Å²) in [6.45, 7) is 7.33. The van der Waals surface area contributed by atoms with Crippen LogP contribution in [0.15, 0.2) is 18.5 Å². The molecule has 4 rings (SSSR count). The average Bonchev–Trinajstić information content (AvgIpc) is 2.95. The Morgan fingerprint density at radius 1 is 1.15 bits per heavy atom. The van der Waals surface area contributed by atoms with Crippen molar-refractivity contribution in [3.63, 3.8) is 0 Å². The van der Waals surface area contributed by atoms with Gasteiger partial charge in [0.05, 0.1) is 16.6 Å². The molecule has 2 N–H and O–H groups in total. The molecule has 1 aliphatic heterocycles. The molecule has 1 aliphatic rings. The average molecular weight is 429 g/mol. The Kier molecular flexibility index (Phi) is 7.85. The lowest BCUT2D eigenvalue weighted by Crippen LogP contribution is -2.33. The molecule has 0 amide bonds. The molecular formula is C18H26Cl2N6S. The molecule has 9 heteroatoms. The number of H-pyrrole nitrogens is 1. The van der Waals surface area contributed by atoms with E-state index in [1.165, 1.54) is 32.4 Å². The highest BCUT2D eigenvalue weighted by atomic mass is 35.5. The van der Waals surface area contributed by atoms with Crippen molar-refractivity contribution in [2.24, 2.45) is 0 Å². The van der Waals surface area contributed by atoms with Crippen molar-refractivity contribution in [2.75, 3.05) is 31.5 Å². The van der Waals surface area contributed by atoms with Gasteiger partial charge in [-0.1, -0.05) is 6.42 Å². The summed E-state index contributed by atoms with van der Waals surface area (Å²) in [6, 6.07) is 4.20. The van der Waals surface area contributed by atoms with E-state index in [9.17, 15) is 0 Å². The fourth-order valence-corrected chi connectivity index (χ4v) is 4.02. The number of nitrogens with zero attached hydrogens (tertiary/aromatic N) is 4. The van der Waals surface area contributed by atoms with Gasteiger partial charge in [-0.2, -0.15) is 0 Å². The minimum absolute atomic E-state index is 0. The van der Waals surface area contributed by atoms with Crippen molar-refractivity contribution in [2.45, 2.75) is 32.7 Å². The van der Waals surface area contributed by atoms with Crippen molar-refractivity contribution in [1.29, 1.82) is 0 Å². The molecule has 3 aromatic rings. The quantitative estimate of drug-likeness (QED) is 0.589. The zero-order valence-electron chi connectivity index (χ0n) is 15.4. The maximum absolute atomic E-state index is 5.42. The molecule has 0 aliphatic carbocycles. The van der Waals surface area contributed by atoms with Gasteiger partial charge in [0.1, 0.15) is 12.1 Å². The van der Waals surface area contributed by atoms with E-state index in [4.69, 9.17) is 12.2 Å². The number of hydrogen-bond donors (Lipinski definition) is 2. The largest absolute Gasteiger partial charge is 0.368 e. The molecule has 1 fully saturated rings. The number of halogens is 2. The Balaban J connectivity index is 0.00000131. The van der Waals surface area contributed by atoms with Crippen LogP contribution < -0.4 is 5.32 Å². The van der Waals surface area contributed by atoms with Crippen LogP contribution in [0.1, 0.15) is 26.2 Å². The number of aromatic nitrogens is 4. The number of piperidine rings is 1. The van der Waals surface area contributed by atoms with Crippen LogP contribution in [-0.2, 0) is 6.54 Å². The van der Waals surface area contributed by atoms with E-state index < -0.39 is 0 Å². The number of anilines is 1. The monoisotopic (exact) mass is 428 g/mol. The Labute approximate surface area is 176 Å². The van der Waals surface area contributed by atoms with E-state index in [0.717, 1.165) is 52.2 Å². The van der Waals surface area contributed by atoms with Gasteiger partial charge in [-0.25, -0.2) is 9.97 Å². The fourth-order valence-electron chi connectivity index (χ4n) is 3.68. The molecule has 0 spiro atoms. The lowest BCUT2D eigenvalue weighted by atomic mass is 10.1. The van der Waals surface area contributed by atoms with Crippen molar-refractivity contribution in [1.82, 2.24) is 24.4 Å². The van der Waals surface area contributed by atoms with Crippen LogP contribution in [0.2, 0.25) is 0 Å². The smallest absolute Gasteiger partial charge is 0.178 e. The molecule has 0 bridgehead atoms. The van der Waals surface area contributed by atoms with Crippen LogP contribution in [0.4, 0.5) is 5.82 Å². The van der Waals surface area contributed by atoms with Gasteiger partial charge in [0, 0.05) is 25.0 Å². The second-order valence-corrected chi connectivity index (χ2v) is 7.00. The summed E-state index contributed by atoms with van der Waals surface area (Å²) in [6.07, 6.45) is 5.65. The van der Waals surface area contributed by atoms with Crippen molar-refractivity contribution in [3.05, 3.63) is 23.2 Å². The van der Waals surface area contributed by atoms with Gasteiger partial charge < -0.3 is 19.8 Å². The second kappa shape index (κ2) is 9.68. The zero-order valence-corrected chi connectivity index (χ0v) is 17.9. The molecule has 6 nitrogen and oxygen atoms in total. The van der Waals surface area contributed by atoms with Crippen molar-refractivity contribution < 1.29 is 0 Å². The van der Waals surface area contributed by atoms with E-state index >= 15 is 0 Å². The summed E-state index contributed by atoms with van der Waals surface area (Å²) >= 11 is 5.42.